The summed E-state index contributed by atoms with van der Waals surface area (Å²) in [5.74, 6) is -1.46. The highest BCUT2D eigenvalue weighted by Gasteiger charge is 2.37. The van der Waals surface area contributed by atoms with Gasteiger partial charge in [0.05, 0.1) is 6.61 Å². The first-order chi connectivity index (χ1) is 6.10. The Morgan fingerprint density at radius 1 is 1.50 bits per heavy atom. The average molecular weight is 228 g/mol. The Morgan fingerprint density at radius 3 is 2.21 bits per heavy atom. The van der Waals surface area contributed by atoms with Crippen LogP contribution in [0.25, 0.3) is 0 Å². The second kappa shape index (κ2) is 4.37. The fourth-order valence-electron chi connectivity index (χ4n) is 0.573. The van der Waals surface area contributed by atoms with Crippen molar-refractivity contribution in [3.63, 3.8) is 0 Å². The first-order valence-corrected chi connectivity index (χ1v) is 5.21. The molecule has 84 valence electrons. The maximum Gasteiger partial charge on any atom is 0.527 e. The van der Waals surface area contributed by atoms with E-state index in [0.717, 1.165) is 0 Å². The van der Waals surface area contributed by atoms with Gasteiger partial charge in [0.25, 0.3) is 0 Å². The van der Waals surface area contributed by atoms with Crippen LogP contribution < -0.4 is 0 Å². The summed E-state index contributed by atoms with van der Waals surface area (Å²) in [7, 11) is -4.95. The summed E-state index contributed by atoms with van der Waals surface area (Å²) in [6.45, 7) is 2.17. The van der Waals surface area contributed by atoms with Crippen LogP contribution >= 0.6 is 7.82 Å². The molecule has 0 bridgehead atoms. The molecule has 0 radical (unpaired) electrons. The summed E-state index contributed by atoms with van der Waals surface area (Å²) in [6, 6.07) is 0. The Bertz CT molecular complexity index is 255. The molecular formula is C6H13O7P. The summed E-state index contributed by atoms with van der Waals surface area (Å²) >= 11 is 0. The lowest BCUT2D eigenvalue weighted by Crippen LogP contribution is -2.39. The Hall–Kier alpha value is -0.460. The Kier molecular flexibility index (Phi) is 4.23. The van der Waals surface area contributed by atoms with E-state index < -0.39 is 31.9 Å². The SMILES string of the molecule is CC(C)(CO)[C@H](O)C(=O)OP(=O)(O)O. The molecule has 0 aliphatic heterocycles. The van der Waals surface area contributed by atoms with Crippen molar-refractivity contribution in [1.82, 2.24) is 0 Å². The van der Waals surface area contributed by atoms with Gasteiger partial charge in [-0.1, -0.05) is 13.8 Å². The van der Waals surface area contributed by atoms with Crippen molar-refractivity contribution in [1.29, 1.82) is 0 Å². The van der Waals surface area contributed by atoms with Crippen LogP contribution in [-0.4, -0.2) is 38.7 Å². The Morgan fingerprint density at radius 2 is 1.93 bits per heavy atom. The highest BCUT2D eigenvalue weighted by atomic mass is 31.2. The second-order valence-electron chi connectivity index (χ2n) is 3.45. The summed E-state index contributed by atoms with van der Waals surface area (Å²) in [5.41, 5.74) is -1.22. The standard InChI is InChI=1S/C6H13O7P/c1-6(2,3-7)4(8)5(9)13-14(10,11)12/h4,7-8H,3H2,1-2H3,(H2,10,11,12)/t4-/m1/s1. The van der Waals surface area contributed by atoms with Gasteiger partial charge in [0.15, 0.2) is 6.10 Å². The van der Waals surface area contributed by atoms with Crippen LogP contribution in [0.15, 0.2) is 0 Å². The molecule has 14 heavy (non-hydrogen) atoms. The van der Waals surface area contributed by atoms with Crippen LogP contribution in [-0.2, 0) is 13.9 Å². The normalized spacial score (nSPS) is 15.0. The average Bonchev–Trinajstić information content (AvgIpc) is 2.00. The molecule has 0 aromatic heterocycles. The molecule has 0 saturated heterocycles. The summed E-state index contributed by atoms with van der Waals surface area (Å²) < 4.78 is 13.9. The van der Waals surface area contributed by atoms with Crippen molar-refractivity contribution in [3.8, 4) is 0 Å². The quantitative estimate of drug-likeness (QED) is 0.455. The number of hydrogen-bond acceptors (Lipinski definition) is 5. The first-order valence-electron chi connectivity index (χ1n) is 3.68. The fourth-order valence-corrected chi connectivity index (χ4v) is 0.907. The van der Waals surface area contributed by atoms with Gasteiger partial charge in [0.2, 0.25) is 0 Å². The van der Waals surface area contributed by atoms with E-state index in [-0.39, 0.29) is 0 Å². The molecule has 0 fully saturated rings. The maximum atomic E-state index is 10.9. The van der Waals surface area contributed by atoms with Gasteiger partial charge in [0, 0.05) is 5.41 Å². The van der Waals surface area contributed by atoms with Crippen LogP contribution in [0.1, 0.15) is 13.8 Å². The zero-order chi connectivity index (χ0) is 11.6. The molecule has 1 atom stereocenters. The van der Waals surface area contributed by atoms with Crippen molar-refractivity contribution in [2.45, 2.75) is 20.0 Å². The molecule has 0 aromatic carbocycles. The summed E-state index contributed by atoms with van der Waals surface area (Å²) in [6.07, 6.45) is -1.79. The van der Waals surface area contributed by atoms with Gasteiger partial charge in [-0.25, -0.2) is 9.36 Å². The van der Waals surface area contributed by atoms with E-state index in [1.165, 1.54) is 13.8 Å². The number of phosphoric ester groups is 1. The number of aliphatic hydroxyl groups excluding tert-OH is 2. The van der Waals surface area contributed by atoms with Gasteiger partial charge in [-0.05, 0) is 0 Å². The van der Waals surface area contributed by atoms with E-state index in [0.29, 0.717) is 0 Å². The van der Waals surface area contributed by atoms with E-state index in [1.54, 1.807) is 0 Å². The predicted octanol–water partition coefficient (Wildman–Crippen LogP) is -0.998. The van der Waals surface area contributed by atoms with Crippen molar-refractivity contribution in [2.24, 2.45) is 5.41 Å². The van der Waals surface area contributed by atoms with Crippen molar-refractivity contribution < 1.29 is 33.9 Å². The lowest BCUT2D eigenvalue weighted by atomic mass is 9.88. The zero-order valence-corrected chi connectivity index (χ0v) is 8.64. The highest BCUT2D eigenvalue weighted by Crippen LogP contribution is 2.37. The molecule has 0 spiro atoms. The van der Waals surface area contributed by atoms with Crippen LogP contribution in [0.5, 0.6) is 0 Å². The van der Waals surface area contributed by atoms with Gasteiger partial charge in [-0.2, -0.15) is 0 Å². The number of hydrogen-bond donors (Lipinski definition) is 4. The molecular weight excluding hydrogens is 215 g/mol. The third kappa shape index (κ3) is 4.17. The largest absolute Gasteiger partial charge is 0.527 e. The van der Waals surface area contributed by atoms with Crippen molar-refractivity contribution in [3.05, 3.63) is 0 Å². The van der Waals surface area contributed by atoms with Gasteiger partial charge in [-0.3, -0.25) is 9.79 Å². The Balaban J connectivity index is 4.49. The fraction of sp³-hybridized carbons (Fsp3) is 0.833. The minimum atomic E-state index is -4.95. The predicted molar refractivity (Wildman–Crippen MR) is 45.0 cm³/mol. The monoisotopic (exact) mass is 228 g/mol. The molecule has 0 aliphatic carbocycles. The minimum absolute atomic E-state index is 0.523. The molecule has 0 heterocycles. The van der Waals surface area contributed by atoms with E-state index in [2.05, 4.69) is 4.52 Å². The Labute approximate surface area is 80.6 Å². The zero-order valence-electron chi connectivity index (χ0n) is 7.75. The van der Waals surface area contributed by atoms with Gasteiger partial charge in [0.1, 0.15) is 0 Å². The van der Waals surface area contributed by atoms with E-state index in [1.807, 2.05) is 0 Å². The minimum Gasteiger partial charge on any atom is -0.396 e. The number of carbonyl (C=O) groups is 1. The van der Waals surface area contributed by atoms with Crippen LogP contribution in [0, 0.1) is 5.41 Å². The van der Waals surface area contributed by atoms with Gasteiger partial charge in [-0.15, -0.1) is 0 Å². The molecule has 0 unspecified atom stereocenters. The van der Waals surface area contributed by atoms with Gasteiger partial charge < -0.3 is 14.7 Å². The van der Waals surface area contributed by atoms with Crippen LogP contribution in [0.2, 0.25) is 0 Å². The maximum absolute atomic E-state index is 10.9. The lowest BCUT2D eigenvalue weighted by molar-refractivity contribution is -0.153. The number of rotatable bonds is 4. The van der Waals surface area contributed by atoms with E-state index in [9.17, 15) is 14.5 Å². The molecule has 0 aliphatic rings. The lowest BCUT2D eigenvalue weighted by Gasteiger charge is -2.26. The van der Waals surface area contributed by atoms with Crippen LogP contribution in [0.3, 0.4) is 0 Å². The summed E-state index contributed by atoms with van der Waals surface area (Å²) in [4.78, 5) is 27.4. The number of aliphatic hydroxyl groups is 2. The third-order valence-corrected chi connectivity index (χ3v) is 2.00. The van der Waals surface area contributed by atoms with Crippen molar-refractivity contribution >= 4 is 13.8 Å². The van der Waals surface area contributed by atoms with Crippen LogP contribution in [0.4, 0.5) is 0 Å². The molecule has 4 N–H and O–H groups in total. The van der Waals surface area contributed by atoms with Gasteiger partial charge >= 0.3 is 13.8 Å². The molecule has 0 rings (SSSR count). The highest BCUT2D eigenvalue weighted by molar-refractivity contribution is 7.46. The topological polar surface area (TPSA) is 124 Å². The van der Waals surface area contributed by atoms with E-state index >= 15 is 0 Å². The third-order valence-electron chi connectivity index (χ3n) is 1.58. The smallest absolute Gasteiger partial charge is 0.396 e. The van der Waals surface area contributed by atoms with E-state index in [4.69, 9.17) is 14.9 Å². The second-order valence-corrected chi connectivity index (χ2v) is 4.61. The molecule has 8 heteroatoms. The summed E-state index contributed by atoms with van der Waals surface area (Å²) in [5, 5.41) is 18.0. The molecule has 0 aromatic rings. The first kappa shape index (κ1) is 13.5. The van der Waals surface area contributed by atoms with Crippen molar-refractivity contribution in [2.75, 3.05) is 6.61 Å². The molecule has 0 amide bonds. The number of phosphoric acid groups is 1. The molecule has 0 saturated carbocycles. The number of carbonyl (C=O) groups excluding carboxylic acids is 1. The molecule has 7 nitrogen and oxygen atoms in total.